The van der Waals surface area contributed by atoms with E-state index in [9.17, 15) is 9.90 Å². The Hall–Kier alpha value is -0.610. The molecule has 1 aliphatic rings. The largest absolute Gasteiger partial charge is 0.390 e. The van der Waals surface area contributed by atoms with Gasteiger partial charge in [0.25, 0.3) is 0 Å². The Morgan fingerprint density at radius 2 is 2.31 bits per heavy atom. The van der Waals surface area contributed by atoms with Gasteiger partial charge >= 0.3 is 0 Å². The molecule has 0 bridgehead atoms. The molecule has 0 spiro atoms. The highest BCUT2D eigenvalue weighted by molar-refractivity contribution is 5.76. The summed E-state index contributed by atoms with van der Waals surface area (Å²) in [5, 5.41) is 15.9. The summed E-state index contributed by atoms with van der Waals surface area (Å²) in [6.45, 7) is 5.72. The van der Waals surface area contributed by atoms with Crippen LogP contribution in [-0.4, -0.2) is 36.2 Å². The van der Waals surface area contributed by atoms with Gasteiger partial charge in [-0.1, -0.05) is 13.8 Å². The van der Waals surface area contributed by atoms with E-state index in [0.717, 1.165) is 25.8 Å². The number of β-amino-alcohol motifs (C(OH)–C–C–N with tert-alkyl or cyclic N) is 1. The summed E-state index contributed by atoms with van der Waals surface area (Å²) < 4.78 is 0. The first-order chi connectivity index (χ1) is 7.59. The first-order valence-electron chi connectivity index (χ1n) is 6.27. The molecule has 0 radical (unpaired) electrons. The standard InChI is InChI=1S/C12H24N2O2/c1-9(2)5-6-12(16)14-10-4-3-7-13-8-11(10)15/h9-11,13,15H,3-8H2,1-2H3,(H,14,16)/t10?,11-/m0/s1. The molecule has 4 heteroatoms. The fourth-order valence-corrected chi connectivity index (χ4v) is 1.90. The van der Waals surface area contributed by atoms with Crippen molar-refractivity contribution in [2.24, 2.45) is 5.92 Å². The SMILES string of the molecule is CC(C)CCC(=O)NC1CCCNC[C@@H]1O. The van der Waals surface area contributed by atoms with Gasteiger partial charge in [0.05, 0.1) is 12.1 Å². The van der Waals surface area contributed by atoms with Gasteiger partial charge in [0.15, 0.2) is 0 Å². The fourth-order valence-electron chi connectivity index (χ4n) is 1.90. The van der Waals surface area contributed by atoms with E-state index in [1.165, 1.54) is 0 Å². The average Bonchev–Trinajstić information content (AvgIpc) is 2.42. The summed E-state index contributed by atoms with van der Waals surface area (Å²) in [5.74, 6) is 0.617. The second kappa shape index (κ2) is 6.86. The first kappa shape index (κ1) is 13.5. The minimum absolute atomic E-state index is 0.0691. The van der Waals surface area contributed by atoms with Crippen molar-refractivity contribution in [2.75, 3.05) is 13.1 Å². The predicted octanol–water partition coefficient (Wildman–Crippen LogP) is 0.652. The molecule has 2 atom stereocenters. The number of rotatable bonds is 4. The molecule has 1 heterocycles. The lowest BCUT2D eigenvalue weighted by molar-refractivity contribution is -0.122. The van der Waals surface area contributed by atoms with E-state index in [1.54, 1.807) is 0 Å². The molecule has 1 saturated heterocycles. The Balaban J connectivity index is 2.30. The van der Waals surface area contributed by atoms with Crippen molar-refractivity contribution in [1.82, 2.24) is 10.6 Å². The van der Waals surface area contributed by atoms with E-state index in [-0.39, 0.29) is 11.9 Å². The van der Waals surface area contributed by atoms with Crippen LogP contribution in [0.4, 0.5) is 0 Å². The van der Waals surface area contributed by atoms with Gasteiger partial charge in [-0.3, -0.25) is 4.79 Å². The van der Waals surface area contributed by atoms with Gasteiger partial charge < -0.3 is 15.7 Å². The number of nitrogens with one attached hydrogen (secondary N) is 2. The molecule has 16 heavy (non-hydrogen) atoms. The van der Waals surface area contributed by atoms with Crippen LogP contribution in [0.25, 0.3) is 0 Å². The van der Waals surface area contributed by atoms with Crippen LogP contribution in [0.1, 0.15) is 39.5 Å². The Labute approximate surface area is 97.8 Å². The monoisotopic (exact) mass is 228 g/mol. The zero-order valence-corrected chi connectivity index (χ0v) is 10.3. The first-order valence-corrected chi connectivity index (χ1v) is 6.27. The second-order valence-electron chi connectivity index (χ2n) is 5.02. The smallest absolute Gasteiger partial charge is 0.220 e. The normalized spacial score (nSPS) is 26.5. The fraction of sp³-hybridized carbons (Fsp3) is 0.917. The summed E-state index contributed by atoms with van der Waals surface area (Å²) in [6.07, 6.45) is 2.89. The Bertz CT molecular complexity index is 219. The molecule has 3 N–H and O–H groups in total. The van der Waals surface area contributed by atoms with Crippen molar-refractivity contribution >= 4 is 5.91 Å². The van der Waals surface area contributed by atoms with Gasteiger partial charge in [0.2, 0.25) is 5.91 Å². The van der Waals surface area contributed by atoms with E-state index in [1.807, 2.05) is 0 Å². The lowest BCUT2D eigenvalue weighted by atomic mass is 10.0. The summed E-state index contributed by atoms with van der Waals surface area (Å²) in [7, 11) is 0. The van der Waals surface area contributed by atoms with Gasteiger partial charge in [-0.05, 0) is 31.7 Å². The summed E-state index contributed by atoms with van der Waals surface area (Å²) >= 11 is 0. The van der Waals surface area contributed by atoms with Gasteiger partial charge in [-0.15, -0.1) is 0 Å². The maximum atomic E-state index is 11.6. The molecule has 1 amide bonds. The molecule has 1 fully saturated rings. The third-order valence-electron chi connectivity index (χ3n) is 2.98. The molecular weight excluding hydrogens is 204 g/mol. The predicted molar refractivity (Wildman–Crippen MR) is 64.1 cm³/mol. The maximum absolute atomic E-state index is 11.6. The van der Waals surface area contributed by atoms with Crippen LogP contribution in [0.2, 0.25) is 0 Å². The zero-order chi connectivity index (χ0) is 12.0. The van der Waals surface area contributed by atoms with Crippen molar-refractivity contribution < 1.29 is 9.90 Å². The third kappa shape index (κ3) is 4.94. The lowest BCUT2D eigenvalue weighted by Gasteiger charge is -2.21. The number of aliphatic hydroxyl groups is 1. The van der Waals surface area contributed by atoms with Crippen LogP contribution in [0.15, 0.2) is 0 Å². The number of aliphatic hydroxyl groups excluding tert-OH is 1. The summed E-state index contributed by atoms with van der Waals surface area (Å²) in [5.41, 5.74) is 0. The summed E-state index contributed by atoms with van der Waals surface area (Å²) in [4.78, 5) is 11.6. The van der Waals surface area contributed by atoms with Crippen molar-refractivity contribution in [3.05, 3.63) is 0 Å². The Morgan fingerprint density at radius 1 is 1.56 bits per heavy atom. The highest BCUT2D eigenvalue weighted by Gasteiger charge is 2.22. The van der Waals surface area contributed by atoms with Crippen LogP contribution < -0.4 is 10.6 Å². The van der Waals surface area contributed by atoms with Gasteiger partial charge in [-0.25, -0.2) is 0 Å². The topological polar surface area (TPSA) is 61.4 Å². The molecular formula is C12H24N2O2. The quantitative estimate of drug-likeness (QED) is 0.662. The van der Waals surface area contributed by atoms with Crippen molar-refractivity contribution in [3.8, 4) is 0 Å². The number of hydrogen-bond acceptors (Lipinski definition) is 3. The highest BCUT2D eigenvalue weighted by atomic mass is 16.3. The number of carbonyl (C=O) groups is 1. The van der Waals surface area contributed by atoms with E-state index in [0.29, 0.717) is 18.9 Å². The molecule has 0 aromatic rings. The molecule has 0 aromatic heterocycles. The number of amides is 1. The highest BCUT2D eigenvalue weighted by Crippen LogP contribution is 2.08. The third-order valence-corrected chi connectivity index (χ3v) is 2.98. The molecule has 4 nitrogen and oxygen atoms in total. The van der Waals surface area contributed by atoms with Gasteiger partial charge in [-0.2, -0.15) is 0 Å². The minimum Gasteiger partial charge on any atom is -0.390 e. The van der Waals surface area contributed by atoms with Crippen molar-refractivity contribution in [1.29, 1.82) is 0 Å². The maximum Gasteiger partial charge on any atom is 0.220 e. The van der Waals surface area contributed by atoms with Crippen LogP contribution in [0.5, 0.6) is 0 Å². The lowest BCUT2D eigenvalue weighted by Crippen LogP contribution is -2.45. The second-order valence-corrected chi connectivity index (χ2v) is 5.02. The Kier molecular flexibility index (Phi) is 5.77. The Morgan fingerprint density at radius 3 is 3.00 bits per heavy atom. The molecule has 1 rings (SSSR count). The molecule has 1 aliphatic heterocycles. The van der Waals surface area contributed by atoms with Crippen LogP contribution in [0.3, 0.4) is 0 Å². The van der Waals surface area contributed by atoms with Gasteiger partial charge in [0.1, 0.15) is 0 Å². The van der Waals surface area contributed by atoms with E-state index < -0.39 is 6.10 Å². The van der Waals surface area contributed by atoms with E-state index in [4.69, 9.17) is 0 Å². The zero-order valence-electron chi connectivity index (χ0n) is 10.3. The summed E-state index contributed by atoms with van der Waals surface area (Å²) in [6, 6.07) is -0.0744. The van der Waals surface area contributed by atoms with Crippen LogP contribution >= 0.6 is 0 Å². The van der Waals surface area contributed by atoms with E-state index in [2.05, 4.69) is 24.5 Å². The van der Waals surface area contributed by atoms with E-state index >= 15 is 0 Å². The average molecular weight is 228 g/mol. The molecule has 0 aliphatic carbocycles. The minimum atomic E-state index is -0.453. The van der Waals surface area contributed by atoms with Crippen molar-refractivity contribution in [3.63, 3.8) is 0 Å². The molecule has 94 valence electrons. The van der Waals surface area contributed by atoms with Crippen LogP contribution in [0, 0.1) is 5.92 Å². The number of carbonyl (C=O) groups excluding carboxylic acids is 1. The van der Waals surface area contributed by atoms with Crippen molar-refractivity contribution in [2.45, 2.75) is 51.7 Å². The van der Waals surface area contributed by atoms with Crippen LogP contribution in [-0.2, 0) is 4.79 Å². The molecule has 0 saturated carbocycles. The van der Waals surface area contributed by atoms with Gasteiger partial charge in [0, 0.05) is 13.0 Å². The number of hydrogen-bond donors (Lipinski definition) is 3. The molecule has 0 aromatic carbocycles. The molecule has 1 unspecified atom stereocenters.